The van der Waals surface area contributed by atoms with Crippen LogP contribution in [0.3, 0.4) is 0 Å². The van der Waals surface area contributed by atoms with Crippen LogP contribution in [-0.2, 0) is 4.79 Å². The molecule has 0 aliphatic carbocycles. The van der Waals surface area contributed by atoms with Crippen LogP contribution in [0.1, 0.15) is 12.8 Å². The predicted molar refractivity (Wildman–Crippen MR) is 64.3 cm³/mol. The average Bonchev–Trinajstić information content (AvgIpc) is 2.31. The quantitative estimate of drug-likeness (QED) is 0.775. The number of carboxylic acids is 1. The maximum absolute atomic E-state index is 10.9. The first-order chi connectivity index (χ1) is 7.62. The monoisotopic (exact) mass is 220 g/mol. The summed E-state index contributed by atoms with van der Waals surface area (Å²) in [5.41, 5.74) is 1.28. The molecule has 0 bridgehead atoms. The molecule has 1 aromatic rings. The third-order valence-corrected chi connectivity index (χ3v) is 3.67. The van der Waals surface area contributed by atoms with Gasteiger partial charge in [-0.25, -0.2) is 0 Å². The molecule has 0 atom stereocenters. The van der Waals surface area contributed by atoms with Crippen LogP contribution in [-0.4, -0.2) is 31.2 Å². The van der Waals surface area contributed by atoms with E-state index in [4.69, 9.17) is 5.11 Å². The first kappa shape index (κ1) is 11.1. The summed E-state index contributed by atoms with van der Waals surface area (Å²) in [5, 5.41) is 8.97. The molecule has 3 nitrogen and oxygen atoms in total. The van der Waals surface area contributed by atoms with Crippen molar-refractivity contribution in [2.75, 3.05) is 20.1 Å². The lowest BCUT2D eigenvalue weighted by atomic mass is 9.95. The van der Waals surface area contributed by atoms with Crippen molar-refractivity contribution < 1.29 is 9.90 Å². The Bertz CT molecular complexity index is 367. The molecule has 1 aliphatic heterocycles. The second-order valence-electron chi connectivity index (χ2n) is 4.79. The second-order valence-corrected chi connectivity index (χ2v) is 4.79. The molecule has 86 valence electrons. The first-order valence-electron chi connectivity index (χ1n) is 5.75. The van der Waals surface area contributed by atoms with Gasteiger partial charge in [0.2, 0.25) is 0 Å². The number of carboxylic acid groups (broad SMARTS) is 1. The summed E-state index contributed by atoms with van der Waals surface area (Å²) < 4.78 is 0.866. The highest BCUT2D eigenvalue weighted by molar-refractivity contribution is 5.70. The summed E-state index contributed by atoms with van der Waals surface area (Å²) in [6.45, 7) is 1.84. The maximum atomic E-state index is 10.9. The van der Waals surface area contributed by atoms with Crippen molar-refractivity contribution in [1.29, 1.82) is 0 Å². The van der Waals surface area contributed by atoms with E-state index in [1.54, 1.807) is 0 Å². The summed E-state index contributed by atoms with van der Waals surface area (Å²) in [4.78, 5) is 10.9. The van der Waals surface area contributed by atoms with E-state index >= 15 is 0 Å². The van der Waals surface area contributed by atoms with Gasteiger partial charge in [-0.05, 0) is 12.1 Å². The summed E-state index contributed by atoms with van der Waals surface area (Å²) >= 11 is 0. The number of quaternary nitrogens is 1. The van der Waals surface area contributed by atoms with Crippen LogP contribution in [0.5, 0.6) is 0 Å². The van der Waals surface area contributed by atoms with E-state index in [9.17, 15) is 4.79 Å². The Kier molecular flexibility index (Phi) is 2.97. The van der Waals surface area contributed by atoms with Gasteiger partial charge in [-0.15, -0.1) is 0 Å². The number of benzene rings is 1. The van der Waals surface area contributed by atoms with Gasteiger partial charge < -0.3 is 5.11 Å². The fraction of sp³-hybridized carbons (Fsp3) is 0.462. The molecular formula is C13H18NO2+. The Morgan fingerprint density at radius 1 is 1.25 bits per heavy atom. The van der Waals surface area contributed by atoms with Crippen LogP contribution in [0.15, 0.2) is 30.3 Å². The summed E-state index contributed by atoms with van der Waals surface area (Å²) in [7, 11) is 2.19. The topological polar surface area (TPSA) is 37.3 Å². The van der Waals surface area contributed by atoms with E-state index in [1.807, 2.05) is 18.2 Å². The van der Waals surface area contributed by atoms with Gasteiger partial charge in [0.25, 0.3) is 0 Å². The molecule has 0 radical (unpaired) electrons. The Hall–Kier alpha value is -1.35. The van der Waals surface area contributed by atoms with Gasteiger partial charge in [0.1, 0.15) is 5.69 Å². The minimum atomic E-state index is -0.640. The van der Waals surface area contributed by atoms with Crippen molar-refractivity contribution in [2.45, 2.75) is 12.8 Å². The number of carbonyl (C=O) groups is 1. The molecule has 1 aliphatic rings. The van der Waals surface area contributed by atoms with Crippen LogP contribution in [0, 0.1) is 5.92 Å². The molecular weight excluding hydrogens is 202 g/mol. The van der Waals surface area contributed by atoms with E-state index in [-0.39, 0.29) is 5.92 Å². The largest absolute Gasteiger partial charge is 0.481 e. The Balaban J connectivity index is 2.10. The molecule has 0 amide bonds. The second kappa shape index (κ2) is 4.26. The van der Waals surface area contributed by atoms with Crippen LogP contribution in [0.25, 0.3) is 0 Å². The molecule has 0 unspecified atom stereocenters. The van der Waals surface area contributed by atoms with Gasteiger partial charge in [0, 0.05) is 12.8 Å². The summed E-state index contributed by atoms with van der Waals surface area (Å²) in [6.07, 6.45) is 1.56. The van der Waals surface area contributed by atoms with Crippen LogP contribution >= 0.6 is 0 Å². The average molecular weight is 220 g/mol. The molecule has 1 heterocycles. The molecule has 0 saturated carbocycles. The number of likely N-dealkylation sites (tertiary alicyclic amines) is 1. The fourth-order valence-electron chi connectivity index (χ4n) is 2.43. The zero-order chi connectivity index (χ0) is 11.6. The molecule has 1 saturated heterocycles. The van der Waals surface area contributed by atoms with Gasteiger partial charge in [-0.3, -0.25) is 9.28 Å². The standard InChI is InChI=1S/C13H17NO2/c1-14(12-5-3-2-4-6-12)9-7-11(8-10-14)13(15)16/h2-6,11H,7-10H2,1H3/p+1. The normalized spacial score (nSPS) is 29.9. The fourth-order valence-corrected chi connectivity index (χ4v) is 2.43. The minimum absolute atomic E-state index is 0.144. The van der Waals surface area contributed by atoms with Crippen molar-refractivity contribution in [2.24, 2.45) is 5.92 Å². The molecule has 2 rings (SSSR count). The first-order valence-corrected chi connectivity index (χ1v) is 5.75. The number of nitrogens with zero attached hydrogens (tertiary/aromatic N) is 1. The van der Waals surface area contributed by atoms with Crippen LogP contribution < -0.4 is 4.48 Å². The lowest BCUT2D eigenvalue weighted by Crippen LogP contribution is -2.51. The summed E-state index contributed by atoms with van der Waals surface area (Å²) in [5.74, 6) is -0.783. The molecule has 1 fully saturated rings. The van der Waals surface area contributed by atoms with Crippen molar-refractivity contribution in [3.8, 4) is 0 Å². The zero-order valence-corrected chi connectivity index (χ0v) is 9.60. The lowest BCUT2D eigenvalue weighted by Gasteiger charge is -2.39. The van der Waals surface area contributed by atoms with E-state index in [0.29, 0.717) is 0 Å². The molecule has 16 heavy (non-hydrogen) atoms. The van der Waals surface area contributed by atoms with Crippen molar-refractivity contribution >= 4 is 11.7 Å². The number of hydrogen-bond donors (Lipinski definition) is 1. The minimum Gasteiger partial charge on any atom is -0.481 e. The molecule has 1 aromatic carbocycles. The van der Waals surface area contributed by atoms with E-state index in [0.717, 1.165) is 30.4 Å². The highest BCUT2D eigenvalue weighted by Gasteiger charge is 2.34. The van der Waals surface area contributed by atoms with Crippen molar-refractivity contribution in [3.63, 3.8) is 0 Å². The van der Waals surface area contributed by atoms with E-state index in [2.05, 4.69) is 19.2 Å². The third-order valence-electron chi connectivity index (χ3n) is 3.67. The molecule has 1 N–H and O–H groups in total. The van der Waals surface area contributed by atoms with Gasteiger partial charge in [0.15, 0.2) is 0 Å². The SMILES string of the molecule is C[N+]1(c2ccccc2)CCC(C(=O)O)CC1. The van der Waals surface area contributed by atoms with Crippen molar-refractivity contribution in [3.05, 3.63) is 30.3 Å². The Labute approximate surface area is 95.9 Å². The highest BCUT2D eigenvalue weighted by Crippen LogP contribution is 2.28. The van der Waals surface area contributed by atoms with E-state index < -0.39 is 5.97 Å². The smallest absolute Gasteiger partial charge is 0.306 e. The molecule has 3 heteroatoms. The Morgan fingerprint density at radius 3 is 2.31 bits per heavy atom. The Morgan fingerprint density at radius 2 is 1.81 bits per heavy atom. The van der Waals surface area contributed by atoms with Crippen molar-refractivity contribution in [1.82, 2.24) is 4.48 Å². The maximum Gasteiger partial charge on any atom is 0.306 e. The zero-order valence-electron chi connectivity index (χ0n) is 9.60. The number of aliphatic carboxylic acids is 1. The van der Waals surface area contributed by atoms with E-state index in [1.165, 1.54) is 5.69 Å². The van der Waals surface area contributed by atoms with Gasteiger partial charge in [-0.1, -0.05) is 18.2 Å². The summed E-state index contributed by atoms with van der Waals surface area (Å²) in [6, 6.07) is 10.4. The van der Waals surface area contributed by atoms with Gasteiger partial charge in [-0.2, -0.15) is 0 Å². The van der Waals surface area contributed by atoms with Crippen LogP contribution in [0.4, 0.5) is 5.69 Å². The molecule has 0 spiro atoms. The number of piperidine rings is 1. The number of para-hydroxylation sites is 1. The van der Waals surface area contributed by atoms with Gasteiger partial charge in [0.05, 0.1) is 26.1 Å². The number of hydrogen-bond acceptors (Lipinski definition) is 1. The lowest BCUT2D eigenvalue weighted by molar-refractivity contribution is -0.143. The van der Waals surface area contributed by atoms with Crippen LogP contribution in [0.2, 0.25) is 0 Å². The highest BCUT2D eigenvalue weighted by atomic mass is 16.4. The predicted octanol–water partition coefficient (Wildman–Crippen LogP) is 2.12. The number of rotatable bonds is 2. The van der Waals surface area contributed by atoms with Gasteiger partial charge >= 0.3 is 5.97 Å². The molecule has 0 aromatic heterocycles. The third kappa shape index (κ3) is 2.09.